The monoisotopic (exact) mass is 495 g/mol. The van der Waals surface area contributed by atoms with E-state index in [1.165, 1.54) is 11.9 Å². The van der Waals surface area contributed by atoms with E-state index < -0.39 is 10.0 Å². The summed E-state index contributed by atoms with van der Waals surface area (Å²) < 4.78 is 25.7. The van der Waals surface area contributed by atoms with Crippen molar-refractivity contribution < 1.29 is 8.42 Å². The smallest absolute Gasteiger partial charge is 0.240 e. The number of rotatable bonds is 6. The minimum Gasteiger partial charge on any atom is -0.352 e. The van der Waals surface area contributed by atoms with Gasteiger partial charge in [-0.25, -0.2) is 18.1 Å². The SMILES string of the molecule is CN=C(NCc1ccc(S(=O)(=O)NC)cc1)NCc1ncc(C)s1.I. The number of sulfonamides is 1. The Hall–Kier alpha value is -1.24. The predicted molar refractivity (Wildman–Crippen MR) is 112 cm³/mol. The average Bonchev–Trinajstić information content (AvgIpc) is 3.01. The minimum absolute atomic E-state index is 0. The standard InChI is InChI=1S/C15H21N5O2S2.HI/c1-11-8-18-14(23-11)10-20-15(16-2)19-9-12-4-6-13(7-5-12)24(21,22)17-3;/h4-8,17H,9-10H2,1-3H3,(H2,16,19,20);1H. The van der Waals surface area contributed by atoms with E-state index in [-0.39, 0.29) is 28.9 Å². The lowest BCUT2D eigenvalue weighted by Crippen LogP contribution is -2.36. The van der Waals surface area contributed by atoms with Crippen molar-refractivity contribution in [1.29, 1.82) is 0 Å². The number of hydrogen-bond acceptors (Lipinski definition) is 5. The molecule has 0 aliphatic rings. The molecule has 0 aliphatic carbocycles. The normalized spacial score (nSPS) is 11.7. The third kappa shape index (κ3) is 6.53. The fraction of sp³-hybridized carbons (Fsp3) is 0.333. The molecule has 0 aliphatic heterocycles. The van der Waals surface area contributed by atoms with Crippen molar-refractivity contribution in [3.8, 4) is 0 Å². The third-order valence-electron chi connectivity index (χ3n) is 3.26. The highest BCUT2D eigenvalue weighted by Gasteiger charge is 2.10. The molecule has 0 saturated heterocycles. The van der Waals surface area contributed by atoms with Gasteiger partial charge in [-0.05, 0) is 31.7 Å². The summed E-state index contributed by atoms with van der Waals surface area (Å²) in [6, 6.07) is 6.71. The molecule has 3 N–H and O–H groups in total. The van der Waals surface area contributed by atoms with Crippen LogP contribution in [0.2, 0.25) is 0 Å². The number of guanidine groups is 1. The summed E-state index contributed by atoms with van der Waals surface area (Å²) >= 11 is 1.64. The summed E-state index contributed by atoms with van der Waals surface area (Å²) in [5.74, 6) is 0.662. The first kappa shape index (κ1) is 21.8. The van der Waals surface area contributed by atoms with Crippen LogP contribution >= 0.6 is 35.3 Å². The lowest BCUT2D eigenvalue weighted by molar-refractivity contribution is 0.588. The molecule has 138 valence electrons. The molecule has 1 aromatic heterocycles. The molecular weight excluding hydrogens is 473 g/mol. The summed E-state index contributed by atoms with van der Waals surface area (Å²) in [7, 11) is -0.308. The zero-order chi connectivity index (χ0) is 17.6. The molecule has 1 heterocycles. The lowest BCUT2D eigenvalue weighted by Gasteiger charge is -2.11. The van der Waals surface area contributed by atoms with Crippen LogP contribution in [0.5, 0.6) is 0 Å². The van der Waals surface area contributed by atoms with Gasteiger partial charge in [-0.1, -0.05) is 12.1 Å². The second kappa shape index (κ2) is 10.0. The largest absolute Gasteiger partial charge is 0.352 e. The maximum Gasteiger partial charge on any atom is 0.240 e. The lowest BCUT2D eigenvalue weighted by atomic mass is 10.2. The Morgan fingerprint density at radius 2 is 1.84 bits per heavy atom. The number of aryl methyl sites for hydroxylation is 1. The molecule has 0 amide bonds. The van der Waals surface area contributed by atoms with Crippen molar-refractivity contribution in [3.63, 3.8) is 0 Å². The van der Waals surface area contributed by atoms with Crippen molar-refractivity contribution in [1.82, 2.24) is 20.3 Å². The van der Waals surface area contributed by atoms with Crippen LogP contribution in [-0.4, -0.2) is 33.5 Å². The Bertz CT molecular complexity index is 804. The number of halogens is 1. The number of thiazole rings is 1. The fourth-order valence-electron chi connectivity index (χ4n) is 1.95. The molecule has 0 unspecified atom stereocenters. The van der Waals surface area contributed by atoms with Gasteiger partial charge < -0.3 is 10.6 Å². The number of nitrogens with one attached hydrogen (secondary N) is 3. The number of hydrogen-bond donors (Lipinski definition) is 3. The third-order valence-corrected chi connectivity index (χ3v) is 5.61. The highest BCUT2D eigenvalue weighted by molar-refractivity contribution is 14.0. The molecule has 25 heavy (non-hydrogen) atoms. The Kier molecular flexibility index (Phi) is 8.76. The van der Waals surface area contributed by atoms with Crippen molar-refractivity contribution in [2.45, 2.75) is 24.9 Å². The molecule has 7 nitrogen and oxygen atoms in total. The molecule has 2 rings (SSSR count). The highest BCUT2D eigenvalue weighted by atomic mass is 127. The van der Waals surface area contributed by atoms with E-state index in [9.17, 15) is 8.42 Å². The van der Waals surface area contributed by atoms with Crippen LogP contribution in [0, 0.1) is 6.92 Å². The van der Waals surface area contributed by atoms with Crippen LogP contribution in [0.15, 0.2) is 40.4 Å². The molecule has 2 aromatic rings. The van der Waals surface area contributed by atoms with Crippen LogP contribution in [0.4, 0.5) is 0 Å². The van der Waals surface area contributed by atoms with Crippen LogP contribution < -0.4 is 15.4 Å². The van der Waals surface area contributed by atoms with E-state index >= 15 is 0 Å². The molecule has 0 saturated carbocycles. The summed E-state index contributed by atoms with van der Waals surface area (Å²) in [5, 5.41) is 7.38. The van der Waals surface area contributed by atoms with Crippen LogP contribution in [-0.2, 0) is 23.1 Å². The van der Waals surface area contributed by atoms with Gasteiger partial charge in [0.05, 0.1) is 11.4 Å². The van der Waals surface area contributed by atoms with Crippen LogP contribution in [0.25, 0.3) is 0 Å². The zero-order valence-corrected chi connectivity index (χ0v) is 18.2. The molecule has 0 bridgehead atoms. The fourth-order valence-corrected chi connectivity index (χ4v) is 3.41. The second-order valence-corrected chi connectivity index (χ2v) is 8.20. The Morgan fingerprint density at radius 3 is 2.36 bits per heavy atom. The van der Waals surface area contributed by atoms with Crippen LogP contribution in [0.3, 0.4) is 0 Å². The molecule has 0 spiro atoms. The van der Waals surface area contributed by atoms with Crippen molar-refractivity contribution in [2.75, 3.05) is 14.1 Å². The summed E-state index contributed by atoms with van der Waals surface area (Å²) in [4.78, 5) is 9.87. The van der Waals surface area contributed by atoms with Gasteiger partial charge in [0.2, 0.25) is 10.0 Å². The van der Waals surface area contributed by atoms with Gasteiger partial charge in [0.15, 0.2) is 5.96 Å². The summed E-state index contributed by atoms with van der Waals surface area (Å²) in [5.41, 5.74) is 0.957. The van der Waals surface area contributed by atoms with Gasteiger partial charge in [0.25, 0.3) is 0 Å². The minimum atomic E-state index is -3.40. The van der Waals surface area contributed by atoms with Gasteiger partial charge in [0, 0.05) is 24.7 Å². The first-order chi connectivity index (χ1) is 11.4. The quantitative estimate of drug-likeness (QED) is 0.323. The summed E-state index contributed by atoms with van der Waals surface area (Å²) in [6.07, 6.45) is 1.85. The summed E-state index contributed by atoms with van der Waals surface area (Å²) in [6.45, 7) is 3.17. The van der Waals surface area contributed by atoms with E-state index in [0.29, 0.717) is 19.0 Å². The molecule has 0 atom stereocenters. The van der Waals surface area contributed by atoms with Crippen LogP contribution in [0.1, 0.15) is 15.4 Å². The topological polar surface area (TPSA) is 95.5 Å². The predicted octanol–water partition coefficient (Wildman–Crippen LogP) is 1.84. The Labute approximate surface area is 169 Å². The van der Waals surface area contributed by atoms with E-state index in [4.69, 9.17) is 0 Å². The number of aromatic nitrogens is 1. The van der Waals surface area contributed by atoms with Crippen molar-refractivity contribution in [3.05, 3.63) is 45.9 Å². The maximum atomic E-state index is 11.7. The van der Waals surface area contributed by atoms with E-state index in [2.05, 4.69) is 25.3 Å². The van der Waals surface area contributed by atoms with Gasteiger partial charge in [-0.2, -0.15) is 0 Å². The maximum absolute atomic E-state index is 11.7. The Morgan fingerprint density at radius 1 is 1.20 bits per heavy atom. The van der Waals surface area contributed by atoms with Gasteiger partial charge in [-0.3, -0.25) is 4.99 Å². The Balaban J connectivity index is 0.00000312. The molecule has 10 heteroatoms. The van der Waals surface area contributed by atoms with E-state index in [1.54, 1.807) is 42.6 Å². The average molecular weight is 495 g/mol. The van der Waals surface area contributed by atoms with Gasteiger partial charge in [-0.15, -0.1) is 35.3 Å². The van der Waals surface area contributed by atoms with Crippen molar-refractivity contribution in [2.24, 2.45) is 4.99 Å². The molecule has 0 radical (unpaired) electrons. The van der Waals surface area contributed by atoms with E-state index in [1.807, 2.05) is 13.1 Å². The van der Waals surface area contributed by atoms with Gasteiger partial charge in [0.1, 0.15) is 5.01 Å². The number of aliphatic imine (C=N–C) groups is 1. The number of benzene rings is 1. The first-order valence-corrected chi connectivity index (χ1v) is 9.63. The molecule has 1 aromatic carbocycles. The molecular formula is C15H22IN5O2S2. The first-order valence-electron chi connectivity index (χ1n) is 7.33. The highest BCUT2D eigenvalue weighted by Crippen LogP contribution is 2.11. The van der Waals surface area contributed by atoms with Gasteiger partial charge >= 0.3 is 0 Å². The second-order valence-electron chi connectivity index (χ2n) is 5.00. The van der Waals surface area contributed by atoms with E-state index in [0.717, 1.165) is 10.6 Å². The van der Waals surface area contributed by atoms with Crippen molar-refractivity contribution >= 4 is 51.3 Å². The molecule has 0 fully saturated rings. The zero-order valence-electron chi connectivity index (χ0n) is 14.2. The number of nitrogens with zero attached hydrogens (tertiary/aromatic N) is 2.